The zero-order valence-corrected chi connectivity index (χ0v) is 12.0. The second-order valence-electron chi connectivity index (χ2n) is 4.16. The molecule has 1 aromatic carbocycles. The first kappa shape index (κ1) is 16.4. The Labute approximate surface area is 122 Å². The van der Waals surface area contributed by atoms with E-state index in [-0.39, 0.29) is 11.5 Å². The molecule has 0 aliphatic rings. The van der Waals surface area contributed by atoms with E-state index in [1.165, 1.54) is 39.0 Å². The van der Waals surface area contributed by atoms with Crippen molar-refractivity contribution in [3.05, 3.63) is 36.4 Å². The van der Waals surface area contributed by atoms with Gasteiger partial charge in [-0.2, -0.15) is 0 Å². The summed E-state index contributed by atoms with van der Waals surface area (Å²) >= 11 is 0. The van der Waals surface area contributed by atoms with Gasteiger partial charge in [-0.25, -0.2) is 0 Å². The highest BCUT2D eigenvalue weighted by molar-refractivity contribution is 5.74. The molecule has 0 heterocycles. The molecule has 1 atom stereocenters. The summed E-state index contributed by atoms with van der Waals surface area (Å²) in [5.41, 5.74) is 0.535. The summed E-state index contributed by atoms with van der Waals surface area (Å²) in [6, 6.07) is 4.49. The van der Waals surface area contributed by atoms with Gasteiger partial charge in [-0.3, -0.25) is 14.4 Å². The number of rotatable bonds is 5. The van der Waals surface area contributed by atoms with Gasteiger partial charge >= 0.3 is 17.9 Å². The number of ether oxygens (including phenoxy) is 3. The summed E-state index contributed by atoms with van der Waals surface area (Å²) in [7, 11) is 0. The summed E-state index contributed by atoms with van der Waals surface area (Å²) in [5, 5.41) is 0. The van der Waals surface area contributed by atoms with Crippen molar-refractivity contribution in [3.63, 3.8) is 0 Å². The van der Waals surface area contributed by atoms with Crippen LogP contribution in [0.2, 0.25) is 0 Å². The fraction of sp³-hybridized carbons (Fsp3) is 0.267. The molecule has 112 valence electrons. The maximum absolute atomic E-state index is 11.1. The van der Waals surface area contributed by atoms with Crippen LogP contribution in [0.3, 0.4) is 0 Å². The van der Waals surface area contributed by atoms with Crippen LogP contribution in [0.15, 0.2) is 30.9 Å². The predicted octanol–water partition coefficient (Wildman–Crippen LogP) is 2.33. The fourth-order valence-electron chi connectivity index (χ4n) is 1.61. The Bertz CT molecular complexity index is 576. The molecular weight excluding hydrogens is 276 g/mol. The van der Waals surface area contributed by atoms with Gasteiger partial charge < -0.3 is 14.2 Å². The van der Waals surface area contributed by atoms with Crippen molar-refractivity contribution in [2.75, 3.05) is 0 Å². The molecule has 0 saturated carbocycles. The van der Waals surface area contributed by atoms with Gasteiger partial charge in [0.1, 0.15) is 6.10 Å². The van der Waals surface area contributed by atoms with Gasteiger partial charge in [-0.15, -0.1) is 0 Å². The van der Waals surface area contributed by atoms with Crippen LogP contribution >= 0.6 is 0 Å². The van der Waals surface area contributed by atoms with Crippen LogP contribution in [0.5, 0.6) is 11.5 Å². The number of carbonyl (C=O) groups is 3. The molecule has 21 heavy (non-hydrogen) atoms. The van der Waals surface area contributed by atoms with Crippen molar-refractivity contribution >= 4 is 17.9 Å². The third kappa shape index (κ3) is 5.10. The van der Waals surface area contributed by atoms with E-state index in [4.69, 9.17) is 14.2 Å². The van der Waals surface area contributed by atoms with E-state index in [9.17, 15) is 14.4 Å². The van der Waals surface area contributed by atoms with E-state index < -0.39 is 24.0 Å². The van der Waals surface area contributed by atoms with Crippen molar-refractivity contribution in [1.82, 2.24) is 0 Å². The molecule has 0 N–H and O–H groups in total. The lowest BCUT2D eigenvalue weighted by Crippen LogP contribution is -2.09. The zero-order valence-electron chi connectivity index (χ0n) is 12.0. The highest BCUT2D eigenvalue weighted by Gasteiger charge is 2.16. The molecule has 0 aromatic heterocycles. The molecule has 0 bridgehead atoms. The molecule has 1 aromatic rings. The highest BCUT2D eigenvalue weighted by Crippen LogP contribution is 2.32. The molecule has 0 aliphatic carbocycles. The average molecular weight is 292 g/mol. The Morgan fingerprint density at radius 2 is 1.57 bits per heavy atom. The van der Waals surface area contributed by atoms with Crippen LogP contribution in [0.25, 0.3) is 0 Å². The van der Waals surface area contributed by atoms with Crippen LogP contribution in [0.1, 0.15) is 32.4 Å². The second-order valence-corrected chi connectivity index (χ2v) is 4.16. The van der Waals surface area contributed by atoms with E-state index in [1.807, 2.05) is 0 Å². The van der Waals surface area contributed by atoms with Crippen molar-refractivity contribution < 1.29 is 28.6 Å². The largest absolute Gasteiger partial charge is 0.453 e. The van der Waals surface area contributed by atoms with E-state index in [2.05, 4.69) is 6.58 Å². The van der Waals surface area contributed by atoms with E-state index >= 15 is 0 Å². The van der Waals surface area contributed by atoms with Gasteiger partial charge in [0.05, 0.1) is 0 Å². The molecule has 0 fully saturated rings. The van der Waals surface area contributed by atoms with Gasteiger partial charge in [0.25, 0.3) is 0 Å². The van der Waals surface area contributed by atoms with Crippen LogP contribution in [0, 0.1) is 0 Å². The molecule has 0 aliphatic heterocycles. The standard InChI is InChI=1S/C15H16O6/c1-5-13(19-9(2)16)12-6-7-14(20-10(3)17)15(8-12)21-11(4)18/h5-8,13H,1H2,2-4H3/t13-/m1/s1. The number of hydrogen-bond donors (Lipinski definition) is 0. The van der Waals surface area contributed by atoms with Gasteiger partial charge in [0, 0.05) is 26.3 Å². The molecule has 0 unspecified atom stereocenters. The normalized spacial score (nSPS) is 11.2. The maximum atomic E-state index is 11.1. The highest BCUT2D eigenvalue weighted by atomic mass is 16.6. The first-order valence-corrected chi connectivity index (χ1v) is 6.14. The monoisotopic (exact) mass is 292 g/mol. The molecule has 0 saturated heterocycles. The van der Waals surface area contributed by atoms with Gasteiger partial charge in [0.2, 0.25) is 0 Å². The molecule has 6 nitrogen and oxygen atoms in total. The SMILES string of the molecule is C=C[C@@H](OC(C)=O)c1ccc(OC(C)=O)c(OC(C)=O)c1. The van der Waals surface area contributed by atoms with E-state index in [1.54, 1.807) is 6.07 Å². The third-order valence-corrected chi connectivity index (χ3v) is 2.31. The minimum Gasteiger partial charge on any atom is -0.453 e. The average Bonchev–Trinajstić information content (AvgIpc) is 2.36. The quantitative estimate of drug-likeness (QED) is 0.471. The molecular formula is C15H16O6. The second kappa shape index (κ2) is 7.23. The summed E-state index contributed by atoms with van der Waals surface area (Å²) < 4.78 is 15.0. The van der Waals surface area contributed by atoms with Crippen molar-refractivity contribution in [2.45, 2.75) is 26.9 Å². The fourth-order valence-corrected chi connectivity index (χ4v) is 1.61. The Morgan fingerprint density at radius 1 is 1.00 bits per heavy atom. The lowest BCUT2D eigenvalue weighted by molar-refractivity contribution is -0.144. The van der Waals surface area contributed by atoms with Crippen LogP contribution < -0.4 is 9.47 Å². The Morgan fingerprint density at radius 3 is 2.05 bits per heavy atom. The molecule has 0 radical (unpaired) electrons. The van der Waals surface area contributed by atoms with E-state index in [0.29, 0.717) is 5.56 Å². The third-order valence-electron chi connectivity index (χ3n) is 2.31. The zero-order chi connectivity index (χ0) is 16.0. The van der Waals surface area contributed by atoms with Gasteiger partial charge in [0.15, 0.2) is 11.5 Å². The molecule has 6 heteroatoms. The van der Waals surface area contributed by atoms with Crippen LogP contribution in [0.4, 0.5) is 0 Å². The van der Waals surface area contributed by atoms with Crippen molar-refractivity contribution in [2.24, 2.45) is 0 Å². The molecule has 0 amide bonds. The summed E-state index contributed by atoms with van der Waals surface area (Å²) in [5.74, 6) is -1.42. The van der Waals surface area contributed by atoms with Crippen LogP contribution in [-0.4, -0.2) is 17.9 Å². The predicted molar refractivity (Wildman–Crippen MR) is 73.8 cm³/mol. The van der Waals surface area contributed by atoms with Gasteiger partial charge in [-0.1, -0.05) is 12.6 Å². The molecule has 1 rings (SSSR count). The first-order valence-electron chi connectivity index (χ1n) is 6.14. The van der Waals surface area contributed by atoms with Crippen molar-refractivity contribution in [1.29, 1.82) is 0 Å². The maximum Gasteiger partial charge on any atom is 0.308 e. The topological polar surface area (TPSA) is 78.9 Å². The lowest BCUT2D eigenvalue weighted by Gasteiger charge is -2.15. The van der Waals surface area contributed by atoms with Gasteiger partial charge in [-0.05, 0) is 18.2 Å². The summed E-state index contributed by atoms with van der Waals surface area (Å²) in [4.78, 5) is 33.2. The Hall–Kier alpha value is -2.63. The lowest BCUT2D eigenvalue weighted by atomic mass is 10.1. The molecule has 0 spiro atoms. The van der Waals surface area contributed by atoms with Crippen LogP contribution in [-0.2, 0) is 19.1 Å². The first-order chi connectivity index (χ1) is 9.83. The number of esters is 3. The Balaban J connectivity index is 3.18. The number of carbonyl (C=O) groups excluding carboxylic acids is 3. The number of hydrogen-bond acceptors (Lipinski definition) is 6. The number of benzene rings is 1. The van der Waals surface area contributed by atoms with Crippen molar-refractivity contribution in [3.8, 4) is 11.5 Å². The smallest absolute Gasteiger partial charge is 0.308 e. The summed E-state index contributed by atoms with van der Waals surface area (Å²) in [6.07, 6.45) is 0.739. The van der Waals surface area contributed by atoms with E-state index in [0.717, 1.165) is 0 Å². The summed E-state index contributed by atoms with van der Waals surface area (Å²) in [6.45, 7) is 7.31. The minimum absolute atomic E-state index is 0.0641. The Kier molecular flexibility index (Phi) is 5.66. The minimum atomic E-state index is -0.691.